The second-order valence-electron chi connectivity index (χ2n) is 4.89. The van der Waals surface area contributed by atoms with E-state index in [9.17, 15) is 4.79 Å². The number of methoxy groups -OCH3 is 1. The zero-order valence-corrected chi connectivity index (χ0v) is 11.2. The summed E-state index contributed by atoms with van der Waals surface area (Å²) in [7, 11) is 1.75. The summed E-state index contributed by atoms with van der Waals surface area (Å²) in [5.74, 6) is 2.50. The minimum absolute atomic E-state index is 0.120. The first-order chi connectivity index (χ1) is 8.26. The van der Waals surface area contributed by atoms with Crippen LogP contribution in [0.1, 0.15) is 25.7 Å². The molecule has 0 bridgehead atoms. The van der Waals surface area contributed by atoms with Gasteiger partial charge in [0, 0.05) is 25.3 Å². The van der Waals surface area contributed by atoms with Gasteiger partial charge in [-0.1, -0.05) is 12.2 Å². The Morgan fingerprint density at radius 3 is 3.06 bits per heavy atom. The Bertz CT molecular complexity index is 298. The number of carbonyl (C=O) groups excluding carboxylic acids is 1. The fraction of sp³-hybridized carbons (Fsp3) is 0.769. The van der Waals surface area contributed by atoms with Crippen LogP contribution in [0.3, 0.4) is 0 Å². The Labute approximate surface area is 107 Å². The molecular formula is C13H21NO2S. The molecule has 1 amide bonds. The molecule has 96 valence electrons. The quantitative estimate of drug-likeness (QED) is 0.781. The molecule has 0 unspecified atom stereocenters. The lowest BCUT2D eigenvalue weighted by Gasteiger charge is -2.28. The lowest BCUT2D eigenvalue weighted by Crippen LogP contribution is -2.46. The Kier molecular flexibility index (Phi) is 4.51. The van der Waals surface area contributed by atoms with E-state index >= 15 is 0 Å². The summed E-state index contributed by atoms with van der Waals surface area (Å²) in [5, 5.41) is 3.07. The van der Waals surface area contributed by atoms with Crippen LogP contribution in [0.25, 0.3) is 0 Å². The average Bonchev–Trinajstić information content (AvgIpc) is 2.86. The molecule has 17 heavy (non-hydrogen) atoms. The van der Waals surface area contributed by atoms with Gasteiger partial charge >= 0.3 is 0 Å². The number of rotatable bonds is 4. The Morgan fingerprint density at radius 2 is 2.47 bits per heavy atom. The molecule has 0 aromatic heterocycles. The highest BCUT2D eigenvalue weighted by atomic mass is 32.2. The van der Waals surface area contributed by atoms with Crippen molar-refractivity contribution in [3.8, 4) is 0 Å². The van der Waals surface area contributed by atoms with Gasteiger partial charge < -0.3 is 10.1 Å². The van der Waals surface area contributed by atoms with Crippen LogP contribution in [0.5, 0.6) is 0 Å². The SMILES string of the molecule is CO[C@]1(CNC(=O)[C@@H]2CC=CCC2)CCSC1. The molecule has 0 saturated carbocycles. The van der Waals surface area contributed by atoms with E-state index < -0.39 is 0 Å². The van der Waals surface area contributed by atoms with Crippen LogP contribution in [0.15, 0.2) is 12.2 Å². The summed E-state index contributed by atoms with van der Waals surface area (Å²) in [6, 6.07) is 0. The number of thioether (sulfide) groups is 1. The summed E-state index contributed by atoms with van der Waals surface area (Å²) in [6.07, 6.45) is 8.22. The minimum atomic E-state index is -0.120. The monoisotopic (exact) mass is 255 g/mol. The lowest BCUT2D eigenvalue weighted by atomic mass is 9.93. The number of carbonyl (C=O) groups is 1. The first-order valence-corrected chi connectivity index (χ1v) is 7.47. The molecule has 1 N–H and O–H groups in total. The van der Waals surface area contributed by atoms with Crippen molar-refractivity contribution in [2.75, 3.05) is 25.2 Å². The molecule has 3 nitrogen and oxygen atoms in total. The first-order valence-electron chi connectivity index (χ1n) is 6.31. The number of allylic oxidation sites excluding steroid dienone is 2. The van der Waals surface area contributed by atoms with Gasteiger partial charge in [0.15, 0.2) is 0 Å². The van der Waals surface area contributed by atoms with Crippen LogP contribution in [-0.2, 0) is 9.53 Å². The average molecular weight is 255 g/mol. The number of ether oxygens (including phenoxy) is 1. The van der Waals surface area contributed by atoms with Crippen molar-refractivity contribution in [1.29, 1.82) is 0 Å². The zero-order chi connectivity index (χ0) is 12.1. The second-order valence-corrected chi connectivity index (χ2v) is 5.99. The Morgan fingerprint density at radius 1 is 1.59 bits per heavy atom. The van der Waals surface area contributed by atoms with Crippen molar-refractivity contribution in [2.24, 2.45) is 5.92 Å². The molecule has 4 heteroatoms. The van der Waals surface area contributed by atoms with Gasteiger partial charge in [-0.2, -0.15) is 11.8 Å². The van der Waals surface area contributed by atoms with Crippen molar-refractivity contribution in [2.45, 2.75) is 31.3 Å². The maximum atomic E-state index is 12.0. The van der Waals surface area contributed by atoms with Gasteiger partial charge in [0.05, 0.1) is 5.60 Å². The summed E-state index contributed by atoms with van der Waals surface area (Å²) in [6.45, 7) is 0.662. The Balaban J connectivity index is 1.80. The van der Waals surface area contributed by atoms with Gasteiger partial charge in [-0.05, 0) is 31.4 Å². The van der Waals surface area contributed by atoms with E-state index in [-0.39, 0.29) is 17.4 Å². The van der Waals surface area contributed by atoms with Gasteiger partial charge in [0.2, 0.25) is 5.91 Å². The third-order valence-corrected chi connectivity index (χ3v) is 4.95. The van der Waals surface area contributed by atoms with Crippen LogP contribution in [0.2, 0.25) is 0 Å². The molecule has 2 atom stereocenters. The maximum Gasteiger partial charge on any atom is 0.223 e. The highest BCUT2D eigenvalue weighted by molar-refractivity contribution is 7.99. The van der Waals surface area contributed by atoms with Crippen LogP contribution >= 0.6 is 11.8 Å². The number of nitrogens with one attached hydrogen (secondary N) is 1. The number of hydrogen-bond acceptors (Lipinski definition) is 3. The van der Waals surface area contributed by atoms with Gasteiger partial charge in [-0.15, -0.1) is 0 Å². The van der Waals surface area contributed by atoms with Crippen LogP contribution < -0.4 is 5.32 Å². The normalized spacial score (nSPS) is 32.6. The van der Waals surface area contributed by atoms with Gasteiger partial charge in [0.1, 0.15) is 0 Å². The van der Waals surface area contributed by atoms with Gasteiger partial charge in [-0.3, -0.25) is 4.79 Å². The largest absolute Gasteiger partial charge is 0.376 e. The molecule has 1 fully saturated rings. The molecular weight excluding hydrogens is 234 g/mol. The Hall–Kier alpha value is -0.480. The highest BCUT2D eigenvalue weighted by Gasteiger charge is 2.35. The van der Waals surface area contributed by atoms with E-state index in [1.54, 1.807) is 7.11 Å². The van der Waals surface area contributed by atoms with E-state index in [0.29, 0.717) is 6.54 Å². The van der Waals surface area contributed by atoms with Crippen molar-refractivity contribution in [3.63, 3.8) is 0 Å². The third-order valence-electron chi connectivity index (χ3n) is 3.72. The molecule has 2 aliphatic rings. The summed E-state index contributed by atoms with van der Waals surface area (Å²) in [5.41, 5.74) is -0.120. The first kappa shape index (κ1) is 13.0. The molecule has 0 aromatic carbocycles. The predicted molar refractivity (Wildman–Crippen MR) is 71.2 cm³/mol. The summed E-state index contributed by atoms with van der Waals surface area (Å²) in [4.78, 5) is 12.0. The fourth-order valence-electron chi connectivity index (χ4n) is 2.39. The molecule has 0 radical (unpaired) electrons. The standard InChI is InChI=1S/C13H21NO2S/c1-16-13(7-8-17-10-13)9-14-12(15)11-5-3-2-4-6-11/h2-3,11H,4-10H2,1H3,(H,14,15)/t11-,13+/m1/s1. The van der Waals surface area contributed by atoms with Crippen molar-refractivity contribution in [1.82, 2.24) is 5.32 Å². The van der Waals surface area contributed by atoms with Gasteiger partial charge in [0.25, 0.3) is 0 Å². The van der Waals surface area contributed by atoms with Crippen LogP contribution in [-0.4, -0.2) is 36.7 Å². The second kappa shape index (κ2) is 5.91. The zero-order valence-electron chi connectivity index (χ0n) is 10.4. The number of hydrogen-bond donors (Lipinski definition) is 1. The fourth-order valence-corrected chi connectivity index (χ4v) is 3.78. The van der Waals surface area contributed by atoms with E-state index in [0.717, 1.165) is 37.2 Å². The minimum Gasteiger partial charge on any atom is -0.376 e. The van der Waals surface area contributed by atoms with E-state index in [1.807, 2.05) is 11.8 Å². The van der Waals surface area contributed by atoms with E-state index in [4.69, 9.17) is 4.74 Å². The maximum absolute atomic E-state index is 12.0. The molecule has 2 rings (SSSR count). The van der Waals surface area contributed by atoms with Crippen molar-refractivity contribution < 1.29 is 9.53 Å². The molecule has 0 spiro atoms. The molecule has 0 aromatic rings. The molecule has 1 saturated heterocycles. The highest BCUT2D eigenvalue weighted by Crippen LogP contribution is 2.30. The van der Waals surface area contributed by atoms with Crippen LogP contribution in [0, 0.1) is 5.92 Å². The van der Waals surface area contributed by atoms with E-state index in [1.165, 1.54) is 0 Å². The summed E-state index contributed by atoms with van der Waals surface area (Å²) >= 11 is 1.91. The number of amides is 1. The predicted octanol–water partition coefficient (Wildman–Crippen LogP) is 1.98. The smallest absolute Gasteiger partial charge is 0.223 e. The van der Waals surface area contributed by atoms with E-state index in [2.05, 4.69) is 17.5 Å². The molecule has 1 aliphatic carbocycles. The third kappa shape index (κ3) is 3.26. The topological polar surface area (TPSA) is 38.3 Å². The van der Waals surface area contributed by atoms with Crippen molar-refractivity contribution >= 4 is 17.7 Å². The lowest BCUT2D eigenvalue weighted by molar-refractivity contribution is -0.126. The van der Waals surface area contributed by atoms with Crippen molar-refractivity contribution in [3.05, 3.63) is 12.2 Å². The molecule has 1 aliphatic heterocycles. The molecule has 1 heterocycles. The summed E-state index contributed by atoms with van der Waals surface area (Å²) < 4.78 is 5.59. The van der Waals surface area contributed by atoms with Gasteiger partial charge in [-0.25, -0.2) is 0 Å². The van der Waals surface area contributed by atoms with Crippen LogP contribution in [0.4, 0.5) is 0 Å².